The van der Waals surface area contributed by atoms with Gasteiger partial charge in [0.1, 0.15) is 5.56 Å². The number of nitrogens with one attached hydrogen (secondary N) is 1. The van der Waals surface area contributed by atoms with Crippen LogP contribution in [0.4, 0.5) is 0 Å². The van der Waals surface area contributed by atoms with Crippen molar-refractivity contribution in [2.45, 2.75) is 33.7 Å². The minimum Gasteiger partial charge on any atom is -0.478 e. The van der Waals surface area contributed by atoms with Crippen molar-refractivity contribution in [3.05, 3.63) is 17.0 Å². The summed E-state index contributed by atoms with van der Waals surface area (Å²) >= 11 is 0. The Morgan fingerprint density at radius 2 is 2.06 bits per heavy atom. The van der Waals surface area contributed by atoms with E-state index in [9.17, 15) is 9.59 Å². The summed E-state index contributed by atoms with van der Waals surface area (Å²) in [5.41, 5.74) is 1.28. The molecule has 1 heterocycles. The van der Waals surface area contributed by atoms with E-state index in [2.05, 4.69) is 10.4 Å². The van der Waals surface area contributed by atoms with Gasteiger partial charge >= 0.3 is 5.97 Å². The Balaban J connectivity index is 2.76. The van der Waals surface area contributed by atoms with Crippen LogP contribution in [0.15, 0.2) is 0 Å². The molecule has 0 radical (unpaired) electrons. The minimum atomic E-state index is -0.982. The van der Waals surface area contributed by atoms with Gasteiger partial charge in [-0.2, -0.15) is 5.10 Å². The molecule has 0 spiro atoms. The molecule has 1 rings (SSSR count). The summed E-state index contributed by atoms with van der Waals surface area (Å²) in [6.45, 7) is 6.19. The lowest BCUT2D eigenvalue weighted by Gasteiger charge is -2.04. The minimum absolute atomic E-state index is 0.0584. The van der Waals surface area contributed by atoms with Gasteiger partial charge < -0.3 is 10.4 Å². The Morgan fingerprint density at radius 1 is 1.41 bits per heavy atom. The fraction of sp³-hybridized carbons (Fsp3) is 0.545. The molecule has 0 atom stereocenters. The Kier molecular flexibility index (Phi) is 4.25. The van der Waals surface area contributed by atoms with Crippen LogP contribution in [0.1, 0.15) is 35.1 Å². The lowest BCUT2D eigenvalue weighted by molar-refractivity contribution is -0.121. The van der Waals surface area contributed by atoms with Gasteiger partial charge in [-0.25, -0.2) is 4.79 Å². The van der Waals surface area contributed by atoms with E-state index in [0.717, 1.165) is 0 Å². The van der Waals surface area contributed by atoms with Crippen LogP contribution < -0.4 is 5.32 Å². The molecule has 0 aliphatic rings. The van der Waals surface area contributed by atoms with Crippen molar-refractivity contribution < 1.29 is 14.7 Å². The van der Waals surface area contributed by atoms with Crippen molar-refractivity contribution in [2.75, 3.05) is 6.54 Å². The molecule has 6 nitrogen and oxygen atoms in total. The second-order valence-electron chi connectivity index (χ2n) is 3.78. The summed E-state index contributed by atoms with van der Waals surface area (Å²) < 4.78 is 1.56. The molecular formula is C11H17N3O3. The summed E-state index contributed by atoms with van der Waals surface area (Å²) in [6.07, 6.45) is 0.300. The van der Waals surface area contributed by atoms with Gasteiger partial charge in [0.25, 0.3) is 0 Å². The van der Waals surface area contributed by atoms with Gasteiger partial charge in [-0.15, -0.1) is 0 Å². The quantitative estimate of drug-likeness (QED) is 0.793. The number of amides is 1. The van der Waals surface area contributed by atoms with Gasteiger partial charge in [0.2, 0.25) is 5.91 Å². The highest BCUT2D eigenvalue weighted by molar-refractivity contribution is 5.90. The zero-order valence-corrected chi connectivity index (χ0v) is 10.3. The van der Waals surface area contributed by atoms with Crippen molar-refractivity contribution in [3.63, 3.8) is 0 Å². The lowest BCUT2D eigenvalue weighted by Crippen LogP contribution is -2.24. The van der Waals surface area contributed by atoms with E-state index in [1.807, 2.05) is 6.92 Å². The predicted molar refractivity (Wildman–Crippen MR) is 62.0 cm³/mol. The topological polar surface area (TPSA) is 84.2 Å². The zero-order chi connectivity index (χ0) is 13.0. The molecule has 0 aromatic carbocycles. The Labute approximate surface area is 99.6 Å². The van der Waals surface area contributed by atoms with Crippen LogP contribution in [0.3, 0.4) is 0 Å². The summed E-state index contributed by atoms with van der Waals surface area (Å²) in [4.78, 5) is 22.2. The maximum Gasteiger partial charge on any atom is 0.339 e. The van der Waals surface area contributed by atoms with E-state index in [4.69, 9.17) is 5.11 Å². The van der Waals surface area contributed by atoms with Crippen molar-refractivity contribution in [1.82, 2.24) is 15.1 Å². The summed E-state index contributed by atoms with van der Waals surface area (Å²) in [5.74, 6) is -1.04. The first kappa shape index (κ1) is 13.2. The van der Waals surface area contributed by atoms with Crippen molar-refractivity contribution in [1.29, 1.82) is 0 Å². The van der Waals surface area contributed by atoms with Crippen LogP contribution in [0, 0.1) is 13.8 Å². The predicted octanol–water partition coefficient (Wildman–Crippen LogP) is 0.724. The summed E-state index contributed by atoms with van der Waals surface area (Å²) in [6, 6.07) is 0. The molecule has 94 valence electrons. The van der Waals surface area contributed by atoms with Crippen LogP contribution in [0.25, 0.3) is 0 Å². The number of carboxylic acids is 1. The summed E-state index contributed by atoms with van der Waals surface area (Å²) in [7, 11) is 0. The second kappa shape index (κ2) is 5.47. The first-order chi connectivity index (χ1) is 7.97. The standard InChI is InChI=1S/C11H17N3O3/c1-4-12-9(15)5-6-14-8(3)10(11(16)17)7(2)13-14/h4-6H2,1-3H3,(H,12,15)(H,16,17). The number of aromatic carboxylic acids is 1. The van der Waals surface area contributed by atoms with E-state index in [-0.39, 0.29) is 11.5 Å². The molecule has 0 unspecified atom stereocenters. The van der Waals surface area contributed by atoms with E-state index >= 15 is 0 Å². The normalized spacial score (nSPS) is 10.3. The highest BCUT2D eigenvalue weighted by Crippen LogP contribution is 2.13. The average Bonchev–Trinajstić information content (AvgIpc) is 2.51. The Bertz CT molecular complexity index is 437. The molecule has 0 saturated heterocycles. The molecule has 1 amide bonds. The van der Waals surface area contributed by atoms with Gasteiger partial charge in [-0.1, -0.05) is 0 Å². The fourth-order valence-corrected chi connectivity index (χ4v) is 1.72. The highest BCUT2D eigenvalue weighted by Gasteiger charge is 2.17. The third-order valence-corrected chi connectivity index (χ3v) is 2.52. The van der Waals surface area contributed by atoms with E-state index in [1.54, 1.807) is 18.5 Å². The van der Waals surface area contributed by atoms with Crippen LogP contribution in [-0.2, 0) is 11.3 Å². The number of carboxylic acid groups (broad SMARTS) is 1. The number of carbonyl (C=O) groups is 2. The van der Waals surface area contributed by atoms with E-state index in [1.165, 1.54) is 0 Å². The molecular weight excluding hydrogens is 222 g/mol. The molecule has 0 aliphatic carbocycles. The van der Waals surface area contributed by atoms with Crippen molar-refractivity contribution in [2.24, 2.45) is 0 Å². The number of nitrogens with zero attached hydrogens (tertiary/aromatic N) is 2. The van der Waals surface area contributed by atoms with Crippen molar-refractivity contribution >= 4 is 11.9 Å². The smallest absolute Gasteiger partial charge is 0.339 e. The van der Waals surface area contributed by atoms with E-state index < -0.39 is 5.97 Å². The molecule has 0 bridgehead atoms. The molecule has 0 fully saturated rings. The number of carbonyl (C=O) groups excluding carboxylic acids is 1. The van der Waals surface area contributed by atoms with E-state index in [0.29, 0.717) is 30.9 Å². The Morgan fingerprint density at radius 3 is 2.53 bits per heavy atom. The van der Waals surface area contributed by atoms with Gasteiger partial charge in [0, 0.05) is 19.5 Å². The fourth-order valence-electron chi connectivity index (χ4n) is 1.72. The van der Waals surface area contributed by atoms with Gasteiger partial charge in [-0.05, 0) is 20.8 Å². The Hall–Kier alpha value is -1.85. The maximum absolute atomic E-state index is 11.3. The molecule has 17 heavy (non-hydrogen) atoms. The van der Waals surface area contributed by atoms with Crippen LogP contribution in [-0.4, -0.2) is 33.3 Å². The van der Waals surface area contributed by atoms with Gasteiger partial charge in [0.05, 0.1) is 11.4 Å². The van der Waals surface area contributed by atoms with Gasteiger partial charge in [-0.3, -0.25) is 9.48 Å². The molecule has 6 heteroatoms. The second-order valence-corrected chi connectivity index (χ2v) is 3.78. The van der Waals surface area contributed by atoms with Crippen LogP contribution in [0.5, 0.6) is 0 Å². The third-order valence-electron chi connectivity index (χ3n) is 2.52. The SMILES string of the molecule is CCNC(=O)CCn1nc(C)c(C(=O)O)c1C. The number of hydrogen-bond donors (Lipinski definition) is 2. The van der Waals surface area contributed by atoms with Crippen LogP contribution >= 0.6 is 0 Å². The van der Waals surface area contributed by atoms with Crippen molar-refractivity contribution in [3.8, 4) is 0 Å². The number of hydrogen-bond acceptors (Lipinski definition) is 3. The largest absolute Gasteiger partial charge is 0.478 e. The lowest BCUT2D eigenvalue weighted by atomic mass is 10.2. The molecule has 1 aromatic rings. The highest BCUT2D eigenvalue weighted by atomic mass is 16.4. The molecule has 1 aromatic heterocycles. The van der Waals surface area contributed by atoms with Crippen LogP contribution in [0.2, 0.25) is 0 Å². The zero-order valence-electron chi connectivity index (χ0n) is 10.3. The molecule has 2 N–H and O–H groups in total. The first-order valence-electron chi connectivity index (χ1n) is 5.51. The third kappa shape index (κ3) is 3.05. The average molecular weight is 239 g/mol. The number of rotatable bonds is 5. The summed E-state index contributed by atoms with van der Waals surface area (Å²) in [5, 5.41) is 15.8. The first-order valence-corrected chi connectivity index (χ1v) is 5.51. The monoisotopic (exact) mass is 239 g/mol. The maximum atomic E-state index is 11.3. The number of aromatic nitrogens is 2. The van der Waals surface area contributed by atoms with Gasteiger partial charge in [0.15, 0.2) is 0 Å². The molecule has 0 saturated carbocycles. The molecule has 0 aliphatic heterocycles. The number of aryl methyl sites for hydroxylation is 2.